The second-order valence-corrected chi connectivity index (χ2v) is 7.48. The van der Waals surface area contributed by atoms with Gasteiger partial charge in [0.2, 0.25) is 0 Å². The van der Waals surface area contributed by atoms with Gasteiger partial charge in [-0.2, -0.15) is 0 Å². The summed E-state index contributed by atoms with van der Waals surface area (Å²) in [5.74, 6) is 2.69. The van der Waals surface area contributed by atoms with Crippen LogP contribution in [0.4, 0.5) is 0 Å². The lowest BCUT2D eigenvalue weighted by Gasteiger charge is -2.22. The largest absolute Gasteiger partial charge is 0.462 e. The average molecular weight is 300 g/mol. The highest BCUT2D eigenvalue weighted by molar-refractivity contribution is 5.72. The van der Waals surface area contributed by atoms with Gasteiger partial charge < -0.3 is 4.74 Å². The molecule has 0 N–H and O–H groups in total. The van der Waals surface area contributed by atoms with Crippen molar-refractivity contribution in [3.63, 3.8) is 0 Å². The Morgan fingerprint density at radius 1 is 1.23 bits per heavy atom. The molecule has 0 bridgehead atoms. The van der Waals surface area contributed by atoms with Gasteiger partial charge in [-0.1, -0.05) is 50.6 Å². The lowest BCUT2D eigenvalue weighted by molar-refractivity contribution is -0.141. The highest BCUT2D eigenvalue weighted by Crippen LogP contribution is 2.47. The Bertz CT molecular complexity index is 496. The first-order valence-electron chi connectivity index (χ1n) is 8.87. The first kappa shape index (κ1) is 15.6. The summed E-state index contributed by atoms with van der Waals surface area (Å²) in [6, 6.07) is 10.8. The van der Waals surface area contributed by atoms with Gasteiger partial charge in [-0.15, -0.1) is 0 Å². The van der Waals surface area contributed by atoms with Crippen LogP contribution in [0.1, 0.15) is 51.5 Å². The zero-order valence-electron chi connectivity index (χ0n) is 13.8. The molecule has 1 aromatic rings. The molecule has 2 aliphatic rings. The summed E-state index contributed by atoms with van der Waals surface area (Å²) in [6.07, 6.45) is 6.95. The predicted octanol–water partition coefficient (Wildman–Crippen LogP) is 4.62. The molecule has 1 aliphatic carbocycles. The van der Waals surface area contributed by atoms with E-state index in [9.17, 15) is 4.79 Å². The van der Waals surface area contributed by atoms with E-state index in [4.69, 9.17) is 4.74 Å². The van der Waals surface area contributed by atoms with Gasteiger partial charge in [0.05, 0.1) is 6.42 Å². The van der Waals surface area contributed by atoms with Crippen LogP contribution in [0.3, 0.4) is 0 Å². The van der Waals surface area contributed by atoms with E-state index >= 15 is 0 Å². The first-order valence-corrected chi connectivity index (χ1v) is 8.87. The highest BCUT2D eigenvalue weighted by atomic mass is 16.6. The van der Waals surface area contributed by atoms with Crippen molar-refractivity contribution >= 4 is 5.97 Å². The summed E-state index contributed by atoms with van der Waals surface area (Å²) in [5.41, 5.74) is 1.44. The van der Waals surface area contributed by atoms with Gasteiger partial charge in [0, 0.05) is 5.92 Å². The number of benzene rings is 1. The van der Waals surface area contributed by atoms with Gasteiger partial charge in [-0.05, 0) is 49.0 Å². The third kappa shape index (κ3) is 3.53. The Kier molecular flexibility index (Phi) is 4.85. The quantitative estimate of drug-likeness (QED) is 0.716. The van der Waals surface area contributed by atoms with Gasteiger partial charge in [0.25, 0.3) is 0 Å². The highest BCUT2D eigenvalue weighted by Gasteiger charge is 2.47. The van der Waals surface area contributed by atoms with Crippen LogP contribution in [-0.2, 0) is 16.0 Å². The number of hydrogen-bond donors (Lipinski definition) is 0. The number of hydrogen-bond acceptors (Lipinski definition) is 2. The number of carbonyl (C=O) groups excluding carboxylic acids is 1. The number of esters is 1. The smallest absolute Gasteiger partial charge is 0.306 e. The molecule has 0 aromatic heterocycles. The number of rotatable bonds is 6. The van der Waals surface area contributed by atoms with E-state index in [0.717, 1.165) is 12.3 Å². The molecule has 5 atom stereocenters. The van der Waals surface area contributed by atoms with Crippen LogP contribution in [-0.4, -0.2) is 12.1 Å². The van der Waals surface area contributed by atoms with Gasteiger partial charge >= 0.3 is 5.97 Å². The Morgan fingerprint density at radius 2 is 2.00 bits per heavy atom. The van der Waals surface area contributed by atoms with Gasteiger partial charge in [0.1, 0.15) is 6.10 Å². The summed E-state index contributed by atoms with van der Waals surface area (Å²) < 4.78 is 5.46. The fraction of sp³-hybridized carbons (Fsp3) is 0.650. The zero-order valence-corrected chi connectivity index (χ0v) is 13.8. The average Bonchev–Trinajstić information content (AvgIpc) is 2.99. The molecule has 3 rings (SSSR count). The number of carbonyl (C=O) groups is 1. The molecule has 2 heteroatoms. The summed E-state index contributed by atoms with van der Waals surface area (Å²) in [6.45, 7) is 4.71. The Balaban J connectivity index is 1.44. The summed E-state index contributed by atoms with van der Waals surface area (Å²) >= 11 is 0. The molecule has 1 heterocycles. The van der Waals surface area contributed by atoms with Gasteiger partial charge in [-0.3, -0.25) is 4.79 Å². The van der Waals surface area contributed by atoms with Crippen molar-refractivity contribution < 1.29 is 9.53 Å². The minimum absolute atomic E-state index is 0.0315. The molecular weight excluding hydrogens is 272 g/mol. The predicted molar refractivity (Wildman–Crippen MR) is 88.4 cm³/mol. The number of aryl methyl sites for hydroxylation is 1. The topological polar surface area (TPSA) is 26.3 Å². The van der Waals surface area contributed by atoms with Crippen molar-refractivity contribution in [2.24, 2.45) is 23.7 Å². The van der Waals surface area contributed by atoms with Crippen LogP contribution >= 0.6 is 0 Å². The van der Waals surface area contributed by atoms with Crippen molar-refractivity contribution in [1.29, 1.82) is 0 Å². The van der Waals surface area contributed by atoms with Crippen molar-refractivity contribution in [3.8, 4) is 0 Å². The molecule has 1 aliphatic heterocycles. The fourth-order valence-corrected chi connectivity index (χ4v) is 4.42. The van der Waals surface area contributed by atoms with Gasteiger partial charge in [0.15, 0.2) is 0 Å². The van der Waals surface area contributed by atoms with Crippen LogP contribution < -0.4 is 0 Å². The van der Waals surface area contributed by atoms with Crippen LogP contribution in [0.15, 0.2) is 30.3 Å². The molecule has 1 saturated carbocycles. The molecule has 120 valence electrons. The van der Waals surface area contributed by atoms with E-state index in [-0.39, 0.29) is 12.1 Å². The number of fused-ring (bicyclic) bond motifs is 1. The maximum atomic E-state index is 11.5. The third-order valence-corrected chi connectivity index (χ3v) is 5.81. The minimum Gasteiger partial charge on any atom is -0.462 e. The first-order chi connectivity index (χ1) is 10.6. The lowest BCUT2D eigenvalue weighted by Crippen LogP contribution is -2.16. The zero-order chi connectivity index (χ0) is 15.5. The maximum Gasteiger partial charge on any atom is 0.306 e. The second kappa shape index (κ2) is 6.85. The maximum absolute atomic E-state index is 11.5. The second-order valence-electron chi connectivity index (χ2n) is 7.48. The summed E-state index contributed by atoms with van der Waals surface area (Å²) in [7, 11) is 0. The molecule has 22 heavy (non-hydrogen) atoms. The van der Waals surface area contributed by atoms with Crippen LogP contribution in [0.2, 0.25) is 0 Å². The Morgan fingerprint density at radius 3 is 2.77 bits per heavy atom. The Hall–Kier alpha value is -1.31. The molecule has 0 radical (unpaired) electrons. The molecule has 0 amide bonds. The normalized spacial score (nSPS) is 31.8. The molecule has 1 aromatic carbocycles. The molecule has 0 spiro atoms. The summed E-state index contributed by atoms with van der Waals surface area (Å²) in [5, 5.41) is 0. The lowest BCUT2D eigenvalue weighted by atomic mass is 9.82. The molecular formula is C20H28O2. The van der Waals surface area contributed by atoms with E-state index in [2.05, 4.69) is 44.2 Å². The van der Waals surface area contributed by atoms with Gasteiger partial charge in [-0.25, -0.2) is 0 Å². The fourth-order valence-electron chi connectivity index (χ4n) is 4.42. The molecule has 1 saturated heterocycles. The van der Waals surface area contributed by atoms with Crippen LogP contribution in [0, 0.1) is 23.7 Å². The van der Waals surface area contributed by atoms with E-state index in [0.29, 0.717) is 24.2 Å². The Labute approximate surface area is 134 Å². The third-order valence-electron chi connectivity index (χ3n) is 5.81. The van der Waals surface area contributed by atoms with Crippen molar-refractivity contribution in [2.75, 3.05) is 0 Å². The van der Waals surface area contributed by atoms with Crippen LogP contribution in [0.5, 0.6) is 0 Å². The van der Waals surface area contributed by atoms with Crippen molar-refractivity contribution in [2.45, 2.75) is 58.5 Å². The SMILES string of the molecule is C[C@@H](CCc1ccccc1)CC[C@@H]1[C@H]2CC(=O)O[C@H]2C[C@H]1C. The van der Waals surface area contributed by atoms with Crippen LogP contribution in [0.25, 0.3) is 0 Å². The summed E-state index contributed by atoms with van der Waals surface area (Å²) in [4.78, 5) is 11.5. The molecule has 2 fully saturated rings. The van der Waals surface area contributed by atoms with E-state index in [1.807, 2.05) is 0 Å². The minimum atomic E-state index is 0.0315. The van der Waals surface area contributed by atoms with Crippen molar-refractivity contribution in [3.05, 3.63) is 35.9 Å². The number of ether oxygens (including phenoxy) is 1. The van der Waals surface area contributed by atoms with E-state index in [1.54, 1.807) is 0 Å². The monoisotopic (exact) mass is 300 g/mol. The standard InChI is InChI=1S/C20H28O2/c1-14(8-10-16-6-4-3-5-7-16)9-11-17-15(2)12-19-18(17)13-20(21)22-19/h3-7,14-15,17-19H,8-13H2,1-2H3/t14-,15+,17-,18+,19-/m0/s1. The van der Waals surface area contributed by atoms with E-state index in [1.165, 1.54) is 31.2 Å². The van der Waals surface area contributed by atoms with Crippen molar-refractivity contribution in [1.82, 2.24) is 0 Å². The molecule has 2 nitrogen and oxygen atoms in total. The van der Waals surface area contributed by atoms with E-state index < -0.39 is 0 Å². The molecule has 0 unspecified atom stereocenters.